The van der Waals surface area contributed by atoms with Gasteiger partial charge in [0.05, 0.1) is 22.7 Å². The molecule has 0 bridgehead atoms. The van der Waals surface area contributed by atoms with E-state index in [1.165, 1.54) is 12.1 Å². The number of nitrogens with one attached hydrogen (secondary N) is 2. The first kappa shape index (κ1) is 20.5. The van der Waals surface area contributed by atoms with Gasteiger partial charge < -0.3 is 5.32 Å². The number of carbonyl (C=O) groups excluding carboxylic acids is 1. The molecule has 0 radical (unpaired) electrons. The maximum Gasteiger partial charge on any atom is 0.252 e. The van der Waals surface area contributed by atoms with Crippen molar-refractivity contribution in [2.24, 2.45) is 0 Å². The first-order chi connectivity index (χ1) is 12.0. The van der Waals surface area contributed by atoms with Gasteiger partial charge in [0.15, 0.2) is 0 Å². The predicted octanol–water partition coefficient (Wildman–Crippen LogP) is 3.16. The normalized spacial score (nSPS) is 12.0. The number of benzene rings is 1. The summed E-state index contributed by atoms with van der Waals surface area (Å²) in [5.74, 6) is -0.380. The van der Waals surface area contributed by atoms with Crippen LogP contribution in [0.2, 0.25) is 0 Å². The number of hydrogen-bond donors (Lipinski definition) is 2. The molecule has 0 spiro atoms. The molecular weight excluding hydrogens is 418 g/mol. The highest BCUT2D eigenvalue weighted by Gasteiger charge is 2.23. The molecule has 0 saturated carbocycles. The number of halogens is 1. The van der Waals surface area contributed by atoms with Gasteiger partial charge in [-0.15, -0.1) is 0 Å². The van der Waals surface area contributed by atoms with Gasteiger partial charge >= 0.3 is 0 Å². The summed E-state index contributed by atoms with van der Waals surface area (Å²) >= 11 is 3.31. The first-order valence-corrected chi connectivity index (χ1v) is 10.3. The Bertz CT molecular complexity index is 922. The molecule has 8 heteroatoms. The van der Waals surface area contributed by atoms with E-state index in [-0.39, 0.29) is 22.9 Å². The molecular formula is C18H22BrN3O3S. The smallest absolute Gasteiger partial charge is 0.252 e. The van der Waals surface area contributed by atoms with Crippen molar-refractivity contribution in [2.45, 2.75) is 44.7 Å². The Labute approximate surface area is 162 Å². The van der Waals surface area contributed by atoms with Crippen molar-refractivity contribution in [1.29, 1.82) is 0 Å². The van der Waals surface area contributed by atoms with E-state index in [0.717, 1.165) is 11.3 Å². The summed E-state index contributed by atoms with van der Waals surface area (Å²) in [5.41, 5.74) is 1.35. The lowest BCUT2D eigenvalue weighted by Crippen LogP contribution is -2.40. The molecule has 2 rings (SSSR count). The summed E-state index contributed by atoms with van der Waals surface area (Å²) in [6.07, 6.45) is 1.66. The Kier molecular flexibility index (Phi) is 6.21. The van der Waals surface area contributed by atoms with Gasteiger partial charge in [-0.2, -0.15) is 0 Å². The highest BCUT2D eigenvalue weighted by atomic mass is 79.9. The molecule has 1 aromatic carbocycles. The van der Waals surface area contributed by atoms with Gasteiger partial charge in [0.2, 0.25) is 10.0 Å². The van der Waals surface area contributed by atoms with Gasteiger partial charge in [-0.25, -0.2) is 13.1 Å². The van der Waals surface area contributed by atoms with Gasteiger partial charge in [0.1, 0.15) is 0 Å². The number of pyridine rings is 1. The van der Waals surface area contributed by atoms with Crippen molar-refractivity contribution in [2.75, 3.05) is 0 Å². The van der Waals surface area contributed by atoms with E-state index < -0.39 is 15.6 Å². The minimum atomic E-state index is -3.73. The van der Waals surface area contributed by atoms with E-state index in [9.17, 15) is 13.2 Å². The predicted molar refractivity (Wildman–Crippen MR) is 104 cm³/mol. The summed E-state index contributed by atoms with van der Waals surface area (Å²) < 4.78 is 28.1. The summed E-state index contributed by atoms with van der Waals surface area (Å²) in [6.45, 7) is 7.44. The van der Waals surface area contributed by atoms with Crippen LogP contribution in [0.5, 0.6) is 0 Å². The quantitative estimate of drug-likeness (QED) is 0.748. The van der Waals surface area contributed by atoms with Gasteiger partial charge in [0, 0.05) is 16.2 Å². The van der Waals surface area contributed by atoms with Gasteiger partial charge in [0.25, 0.3) is 5.91 Å². The second-order valence-electron chi connectivity index (χ2n) is 6.95. The molecule has 1 aromatic heterocycles. The molecule has 1 heterocycles. The highest BCUT2D eigenvalue weighted by molar-refractivity contribution is 9.10. The van der Waals surface area contributed by atoms with Gasteiger partial charge in [-0.3, -0.25) is 9.78 Å². The lowest BCUT2D eigenvalue weighted by atomic mass is 10.1. The molecule has 26 heavy (non-hydrogen) atoms. The lowest BCUT2D eigenvalue weighted by molar-refractivity contribution is 0.0949. The maximum absolute atomic E-state index is 12.5. The third-order valence-corrected chi connectivity index (χ3v) is 5.91. The maximum atomic E-state index is 12.5. The van der Waals surface area contributed by atoms with Crippen LogP contribution in [0.1, 0.15) is 42.4 Å². The fraction of sp³-hybridized carbons (Fsp3) is 0.333. The third-order valence-electron chi connectivity index (χ3n) is 3.47. The second-order valence-corrected chi connectivity index (χ2v) is 9.48. The van der Waals surface area contributed by atoms with Crippen molar-refractivity contribution in [3.63, 3.8) is 0 Å². The number of aryl methyl sites for hydroxylation is 1. The molecule has 6 nitrogen and oxygen atoms in total. The van der Waals surface area contributed by atoms with Crippen LogP contribution in [0.25, 0.3) is 0 Å². The molecule has 0 aliphatic heterocycles. The Morgan fingerprint density at radius 1 is 1.23 bits per heavy atom. The van der Waals surface area contributed by atoms with E-state index in [4.69, 9.17) is 0 Å². The van der Waals surface area contributed by atoms with Crippen LogP contribution >= 0.6 is 15.9 Å². The van der Waals surface area contributed by atoms with E-state index in [1.807, 2.05) is 19.1 Å². The van der Waals surface area contributed by atoms with Crippen LogP contribution in [0.15, 0.2) is 45.9 Å². The molecule has 2 N–H and O–H groups in total. The number of sulfonamides is 1. The van der Waals surface area contributed by atoms with Crippen LogP contribution in [0.4, 0.5) is 0 Å². The Balaban J connectivity index is 2.24. The van der Waals surface area contributed by atoms with Gasteiger partial charge in [-0.05, 0) is 73.5 Å². The number of hydrogen-bond acceptors (Lipinski definition) is 4. The molecule has 0 aliphatic carbocycles. The standard InChI is InChI=1S/C18H22BrN3O3S/c1-12-6-5-9-20-16(12)11-21-17(23)14-10-13(7-8-15(14)19)26(24,25)22-18(2,3)4/h5-10,22H,11H2,1-4H3,(H,21,23). The minimum Gasteiger partial charge on any atom is -0.346 e. The number of aromatic nitrogens is 1. The number of nitrogens with zero attached hydrogens (tertiary/aromatic N) is 1. The number of rotatable bonds is 5. The Hall–Kier alpha value is -1.77. The summed E-state index contributed by atoms with van der Waals surface area (Å²) in [7, 11) is -3.73. The minimum absolute atomic E-state index is 0.0368. The van der Waals surface area contributed by atoms with Crippen LogP contribution in [0, 0.1) is 6.92 Å². The average Bonchev–Trinajstić information content (AvgIpc) is 2.51. The molecule has 1 amide bonds. The zero-order chi connectivity index (χ0) is 19.5. The van der Waals surface area contributed by atoms with Crippen LogP contribution < -0.4 is 10.0 Å². The molecule has 2 aromatic rings. The van der Waals surface area contributed by atoms with Crippen LogP contribution in [-0.4, -0.2) is 24.8 Å². The topological polar surface area (TPSA) is 88.2 Å². The largest absolute Gasteiger partial charge is 0.346 e. The monoisotopic (exact) mass is 439 g/mol. The fourth-order valence-corrected chi connectivity index (χ4v) is 4.14. The van der Waals surface area contributed by atoms with Crippen LogP contribution in [-0.2, 0) is 16.6 Å². The van der Waals surface area contributed by atoms with Crippen molar-refractivity contribution in [1.82, 2.24) is 15.0 Å². The zero-order valence-electron chi connectivity index (χ0n) is 15.1. The van der Waals surface area contributed by atoms with E-state index in [2.05, 4.69) is 31.0 Å². The van der Waals surface area contributed by atoms with Crippen molar-refractivity contribution >= 4 is 31.9 Å². The van der Waals surface area contributed by atoms with Crippen molar-refractivity contribution in [3.8, 4) is 0 Å². The summed E-state index contributed by atoms with van der Waals surface area (Å²) in [4.78, 5) is 16.8. The lowest BCUT2D eigenvalue weighted by Gasteiger charge is -2.20. The summed E-state index contributed by atoms with van der Waals surface area (Å²) in [6, 6.07) is 8.11. The van der Waals surface area contributed by atoms with E-state index in [1.54, 1.807) is 33.0 Å². The molecule has 0 atom stereocenters. The SMILES string of the molecule is Cc1cccnc1CNC(=O)c1cc(S(=O)(=O)NC(C)(C)C)ccc1Br. The molecule has 140 valence electrons. The van der Waals surface area contributed by atoms with E-state index in [0.29, 0.717) is 4.47 Å². The highest BCUT2D eigenvalue weighted by Crippen LogP contribution is 2.22. The molecule has 0 fully saturated rings. The molecule has 0 aliphatic rings. The average molecular weight is 440 g/mol. The first-order valence-electron chi connectivity index (χ1n) is 8.02. The Morgan fingerprint density at radius 2 is 1.92 bits per heavy atom. The van der Waals surface area contributed by atoms with Crippen molar-refractivity contribution in [3.05, 3.63) is 57.8 Å². The Morgan fingerprint density at radius 3 is 2.54 bits per heavy atom. The third kappa shape index (κ3) is 5.36. The van der Waals surface area contributed by atoms with Gasteiger partial charge in [-0.1, -0.05) is 6.07 Å². The summed E-state index contributed by atoms with van der Waals surface area (Å²) in [5, 5.41) is 2.78. The molecule has 0 saturated heterocycles. The number of amides is 1. The second kappa shape index (κ2) is 7.85. The number of carbonyl (C=O) groups is 1. The van der Waals surface area contributed by atoms with E-state index >= 15 is 0 Å². The zero-order valence-corrected chi connectivity index (χ0v) is 17.5. The van der Waals surface area contributed by atoms with Crippen molar-refractivity contribution < 1.29 is 13.2 Å². The fourth-order valence-electron chi connectivity index (χ4n) is 2.27. The molecule has 0 unspecified atom stereocenters. The van der Waals surface area contributed by atoms with Crippen LogP contribution in [0.3, 0.4) is 0 Å².